The van der Waals surface area contributed by atoms with Crippen LogP contribution in [0.3, 0.4) is 0 Å². The maximum Gasteiger partial charge on any atom is 0.122 e. The normalized spacial score (nSPS) is 12.3. The SMILES string of the molecule is CNC(CCc1ccnn1C)Cc1ccccc1OC. The van der Waals surface area contributed by atoms with Crippen molar-refractivity contribution in [3.63, 3.8) is 0 Å². The van der Waals surface area contributed by atoms with Crippen molar-refractivity contribution in [2.75, 3.05) is 14.2 Å². The first-order valence-electron chi connectivity index (χ1n) is 7.00. The highest BCUT2D eigenvalue weighted by Gasteiger charge is 2.11. The van der Waals surface area contributed by atoms with Crippen molar-refractivity contribution >= 4 is 0 Å². The average molecular weight is 273 g/mol. The quantitative estimate of drug-likeness (QED) is 0.840. The molecule has 1 aromatic heterocycles. The predicted molar refractivity (Wildman–Crippen MR) is 81.1 cm³/mol. The van der Waals surface area contributed by atoms with E-state index in [2.05, 4.69) is 28.6 Å². The molecule has 1 heterocycles. The first-order valence-corrected chi connectivity index (χ1v) is 7.00. The van der Waals surface area contributed by atoms with Gasteiger partial charge in [0.1, 0.15) is 5.75 Å². The first-order chi connectivity index (χ1) is 9.74. The molecule has 1 atom stereocenters. The summed E-state index contributed by atoms with van der Waals surface area (Å²) in [6.07, 6.45) is 4.92. The number of methoxy groups -OCH3 is 1. The van der Waals surface area contributed by atoms with E-state index in [0.717, 1.165) is 25.0 Å². The second-order valence-electron chi connectivity index (χ2n) is 4.99. The van der Waals surface area contributed by atoms with Gasteiger partial charge in [0.05, 0.1) is 7.11 Å². The highest BCUT2D eigenvalue weighted by molar-refractivity contribution is 5.33. The van der Waals surface area contributed by atoms with E-state index >= 15 is 0 Å². The predicted octanol–water partition coefficient (Wildman–Crippen LogP) is 2.19. The molecule has 20 heavy (non-hydrogen) atoms. The van der Waals surface area contributed by atoms with E-state index in [1.807, 2.05) is 37.1 Å². The lowest BCUT2D eigenvalue weighted by Gasteiger charge is -2.18. The molecule has 4 heteroatoms. The van der Waals surface area contributed by atoms with Crippen molar-refractivity contribution < 1.29 is 4.74 Å². The summed E-state index contributed by atoms with van der Waals surface area (Å²) in [5, 5.41) is 7.61. The number of aromatic nitrogens is 2. The van der Waals surface area contributed by atoms with Crippen molar-refractivity contribution in [2.45, 2.75) is 25.3 Å². The van der Waals surface area contributed by atoms with E-state index in [9.17, 15) is 0 Å². The molecule has 0 bridgehead atoms. The van der Waals surface area contributed by atoms with Crippen LogP contribution in [0.2, 0.25) is 0 Å². The van der Waals surface area contributed by atoms with Crippen LogP contribution < -0.4 is 10.1 Å². The van der Waals surface area contributed by atoms with Crippen LogP contribution in [0, 0.1) is 0 Å². The van der Waals surface area contributed by atoms with E-state index in [0.29, 0.717) is 6.04 Å². The van der Waals surface area contributed by atoms with Gasteiger partial charge in [0.25, 0.3) is 0 Å². The Hall–Kier alpha value is -1.81. The molecule has 0 saturated carbocycles. The summed E-state index contributed by atoms with van der Waals surface area (Å²) < 4.78 is 7.36. The number of aryl methyl sites for hydroxylation is 2. The van der Waals surface area contributed by atoms with E-state index in [1.54, 1.807) is 7.11 Å². The molecule has 1 N–H and O–H groups in total. The molecule has 0 amide bonds. The van der Waals surface area contributed by atoms with Gasteiger partial charge in [0.2, 0.25) is 0 Å². The second kappa shape index (κ2) is 7.10. The Labute approximate surface area is 120 Å². The van der Waals surface area contributed by atoms with Gasteiger partial charge in [-0.2, -0.15) is 5.10 Å². The van der Waals surface area contributed by atoms with Gasteiger partial charge in [-0.15, -0.1) is 0 Å². The molecule has 0 aliphatic rings. The third-order valence-electron chi connectivity index (χ3n) is 3.74. The molecule has 1 aromatic carbocycles. The summed E-state index contributed by atoms with van der Waals surface area (Å²) in [5.41, 5.74) is 2.52. The molecule has 0 aliphatic heterocycles. The topological polar surface area (TPSA) is 39.1 Å². The van der Waals surface area contributed by atoms with E-state index in [1.165, 1.54) is 11.3 Å². The zero-order chi connectivity index (χ0) is 14.4. The van der Waals surface area contributed by atoms with Crippen molar-refractivity contribution in [3.05, 3.63) is 47.8 Å². The third-order valence-corrected chi connectivity index (χ3v) is 3.74. The van der Waals surface area contributed by atoms with Crippen LogP contribution in [-0.2, 0) is 19.9 Å². The number of ether oxygens (including phenoxy) is 1. The summed E-state index contributed by atoms with van der Waals surface area (Å²) in [6.45, 7) is 0. The summed E-state index contributed by atoms with van der Waals surface area (Å²) in [5.74, 6) is 0.966. The van der Waals surface area contributed by atoms with Crippen LogP contribution in [0.25, 0.3) is 0 Å². The van der Waals surface area contributed by atoms with Crippen LogP contribution in [0.4, 0.5) is 0 Å². The van der Waals surface area contributed by atoms with E-state index in [-0.39, 0.29) is 0 Å². The van der Waals surface area contributed by atoms with Gasteiger partial charge in [0.15, 0.2) is 0 Å². The Bertz CT molecular complexity index is 536. The Balaban J connectivity index is 1.97. The molecule has 1 unspecified atom stereocenters. The largest absolute Gasteiger partial charge is 0.496 e. The number of hydrogen-bond donors (Lipinski definition) is 1. The Morgan fingerprint density at radius 3 is 2.75 bits per heavy atom. The fourth-order valence-electron chi connectivity index (χ4n) is 2.45. The van der Waals surface area contributed by atoms with Gasteiger partial charge in [-0.1, -0.05) is 18.2 Å². The van der Waals surface area contributed by atoms with Gasteiger partial charge in [0, 0.05) is 25.0 Å². The lowest BCUT2D eigenvalue weighted by molar-refractivity contribution is 0.404. The number of nitrogens with one attached hydrogen (secondary N) is 1. The van der Waals surface area contributed by atoms with Gasteiger partial charge in [-0.25, -0.2) is 0 Å². The number of rotatable bonds is 7. The summed E-state index contributed by atoms with van der Waals surface area (Å²) in [4.78, 5) is 0. The Morgan fingerprint density at radius 2 is 2.10 bits per heavy atom. The fraction of sp³-hybridized carbons (Fsp3) is 0.438. The molecule has 0 aliphatic carbocycles. The maximum atomic E-state index is 5.42. The van der Waals surface area contributed by atoms with Crippen LogP contribution in [0.15, 0.2) is 36.5 Å². The molecule has 2 aromatic rings. The molecule has 2 rings (SSSR count). The van der Waals surface area contributed by atoms with Gasteiger partial charge < -0.3 is 10.1 Å². The summed E-state index contributed by atoms with van der Waals surface area (Å²) in [7, 11) is 5.73. The minimum absolute atomic E-state index is 0.432. The summed E-state index contributed by atoms with van der Waals surface area (Å²) in [6, 6.07) is 10.7. The highest BCUT2D eigenvalue weighted by atomic mass is 16.5. The molecule has 0 radical (unpaired) electrons. The zero-order valence-electron chi connectivity index (χ0n) is 12.5. The number of para-hydroxylation sites is 1. The molecule has 4 nitrogen and oxygen atoms in total. The Morgan fingerprint density at radius 1 is 1.30 bits per heavy atom. The highest BCUT2D eigenvalue weighted by Crippen LogP contribution is 2.20. The lowest BCUT2D eigenvalue weighted by Crippen LogP contribution is -2.28. The van der Waals surface area contributed by atoms with Crippen LogP contribution >= 0.6 is 0 Å². The zero-order valence-corrected chi connectivity index (χ0v) is 12.5. The van der Waals surface area contributed by atoms with Crippen LogP contribution in [-0.4, -0.2) is 30.0 Å². The first kappa shape index (κ1) is 14.6. The van der Waals surface area contributed by atoms with E-state index < -0.39 is 0 Å². The van der Waals surface area contributed by atoms with Crippen molar-refractivity contribution in [2.24, 2.45) is 7.05 Å². The molecule has 108 valence electrons. The van der Waals surface area contributed by atoms with Crippen molar-refractivity contribution in [1.29, 1.82) is 0 Å². The molecular weight excluding hydrogens is 250 g/mol. The molecule has 0 spiro atoms. The lowest BCUT2D eigenvalue weighted by atomic mass is 10.0. The second-order valence-corrected chi connectivity index (χ2v) is 4.99. The van der Waals surface area contributed by atoms with Gasteiger partial charge >= 0.3 is 0 Å². The smallest absolute Gasteiger partial charge is 0.122 e. The number of nitrogens with zero attached hydrogens (tertiary/aromatic N) is 2. The number of benzene rings is 1. The third kappa shape index (κ3) is 3.61. The van der Waals surface area contributed by atoms with Crippen LogP contribution in [0.5, 0.6) is 5.75 Å². The Kier molecular flexibility index (Phi) is 5.18. The number of hydrogen-bond acceptors (Lipinski definition) is 3. The van der Waals surface area contributed by atoms with E-state index in [4.69, 9.17) is 4.74 Å². The maximum absolute atomic E-state index is 5.42. The van der Waals surface area contributed by atoms with Gasteiger partial charge in [-0.3, -0.25) is 4.68 Å². The standard InChI is InChI=1S/C16H23N3O/c1-17-14(8-9-15-10-11-18-19(15)2)12-13-6-4-5-7-16(13)20-3/h4-7,10-11,14,17H,8-9,12H2,1-3H3. The van der Waals surface area contributed by atoms with Crippen LogP contribution in [0.1, 0.15) is 17.7 Å². The number of likely N-dealkylation sites (N-methyl/N-ethyl adjacent to an activating group) is 1. The van der Waals surface area contributed by atoms with Crippen molar-refractivity contribution in [1.82, 2.24) is 15.1 Å². The monoisotopic (exact) mass is 273 g/mol. The van der Waals surface area contributed by atoms with Gasteiger partial charge in [-0.05, 0) is 44.0 Å². The molecular formula is C16H23N3O. The molecule has 0 fully saturated rings. The average Bonchev–Trinajstić information content (AvgIpc) is 2.89. The fourth-order valence-corrected chi connectivity index (χ4v) is 2.45. The molecule has 0 saturated heterocycles. The van der Waals surface area contributed by atoms with Crippen molar-refractivity contribution in [3.8, 4) is 5.75 Å². The minimum Gasteiger partial charge on any atom is -0.496 e. The summed E-state index contributed by atoms with van der Waals surface area (Å²) >= 11 is 0. The minimum atomic E-state index is 0.432.